The first-order chi connectivity index (χ1) is 16.5. The van der Waals surface area contributed by atoms with E-state index in [2.05, 4.69) is 61.1 Å². The number of rotatable bonds is 7. The Morgan fingerprint density at radius 2 is 1.14 bits per heavy atom. The van der Waals surface area contributed by atoms with Gasteiger partial charge in [0.15, 0.2) is 0 Å². The fourth-order valence-electron chi connectivity index (χ4n) is 6.45. The third-order valence-electron chi connectivity index (χ3n) is 9.72. The van der Waals surface area contributed by atoms with Gasteiger partial charge < -0.3 is 24.5 Å². The Morgan fingerprint density at radius 3 is 1.66 bits per heavy atom. The number of hydrogen-bond donors (Lipinski definition) is 0. The van der Waals surface area contributed by atoms with Crippen molar-refractivity contribution in [3.63, 3.8) is 0 Å². The van der Waals surface area contributed by atoms with Crippen molar-refractivity contribution in [2.45, 2.75) is 97.1 Å². The molecule has 6 unspecified atom stereocenters. The average molecular weight is 491 g/mol. The van der Waals surface area contributed by atoms with Crippen molar-refractivity contribution in [1.29, 1.82) is 0 Å². The van der Waals surface area contributed by atoms with Gasteiger partial charge in [0.05, 0.1) is 6.04 Å². The van der Waals surface area contributed by atoms with Crippen LogP contribution in [0.4, 0.5) is 9.59 Å². The number of hydrogen-bond acceptors (Lipinski definition) is 4. The molecule has 4 aliphatic heterocycles. The minimum atomic E-state index is 0.194. The molecule has 0 spiro atoms. The van der Waals surface area contributed by atoms with Crippen LogP contribution in [0.25, 0.3) is 0 Å². The minimum Gasteiger partial charge on any atom is -0.325 e. The molecule has 8 heteroatoms. The van der Waals surface area contributed by atoms with Crippen molar-refractivity contribution in [3.8, 4) is 0 Å². The number of urea groups is 2. The molecule has 6 atom stereocenters. The van der Waals surface area contributed by atoms with Crippen molar-refractivity contribution in [3.05, 3.63) is 0 Å². The normalized spacial score (nSPS) is 30.5. The lowest BCUT2D eigenvalue weighted by Gasteiger charge is -2.55. The summed E-state index contributed by atoms with van der Waals surface area (Å²) in [7, 11) is 3.84. The van der Waals surface area contributed by atoms with Gasteiger partial charge in [-0.25, -0.2) is 9.59 Å². The van der Waals surface area contributed by atoms with Crippen LogP contribution in [-0.2, 0) is 0 Å². The molecule has 0 aromatic rings. The van der Waals surface area contributed by atoms with E-state index in [1.165, 1.54) is 12.8 Å². The van der Waals surface area contributed by atoms with Gasteiger partial charge in [0, 0.05) is 95.4 Å². The smallest absolute Gasteiger partial charge is 0.320 e. The SMILES string of the molecule is CC(CCC(C)N1CC2CN(C(=O)N(C)C(C)C)C2C1)N1CCC2C(C1)CN2C(=O)N(C)C(C)C. The summed E-state index contributed by atoms with van der Waals surface area (Å²) >= 11 is 0. The number of carbonyl (C=O) groups excluding carboxylic acids is 2. The van der Waals surface area contributed by atoms with Crippen LogP contribution in [0.15, 0.2) is 0 Å². The van der Waals surface area contributed by atoms with E-state index in [-0.39, 0.29) is 24.1 Å². The summed E-state index contributed by atoms with van der Waals surface area (Å²) in [6, 6.07) is 2.87. The number of nitrogens with zero attached hydrogens (tertiary/aromatic N) is 6. The second-order valence-electron chi connectivity index (χ2n) is 12.4. The molecule has 8 nitrogen and oxygen atoms in total. The van der Waals surface area contributed by atoms with E-state index in [1.54, 1.807) is 0 Å². The maximum atomic E-state index is 12.8. The third kappa shape index (κ3) is 5.15. The fourth-order valence-corrected chi connectivity index (χ4v) is 6.45. The molecule has 4 heterocycles. The molecule has 0 saturated carbocycles. The summed E-state index contributed by atoms with van der Waals surface area (Å²) < 4.78 is 0. The Bertz CT molecular complexity index is 775. The Labute approximate surface area is 213 Å². The second-order valence-corrected chi connectivity index (χ2v) is 12.4. The standard InChI is InChI=1S/C27H50N6O2/c1-18(2)28(7)26(34)32-15-22-13-30(12-11-24(22)32)20(5)9-10-21(6)31-14-23-16-33(25(23)17-31)27(35)29(8)19(3)4/h18-25H,9-17H2,1-8H3. The lowest BCUT2D eigenvalue weighted by Crippen LogP contribution is -2.67. The van der Waals surface area contributed by atoms with Crippen LogP contribution in [0.3, 0.4) is 0 Å². The summed E-state index contributed by atoms with van der Waals surface area (Å²) in [6.07, 6.45) is 3.52. The van der Waals surface area contributed by atoms with Crippen LogP contribution < -0.4 is 0 Å². The maximum absolute atomic E-state index is 12.8. The molecule has 4 rings (SSSR count). The molecule has 0 N–H and O–H groups in total. The van der Waals surface area contributed by atoms with Crippen LogP contribution in [0.5, 0.6) is 0 Å². The van der Waals surface area contributed by atoms with Gasteiger partial charge in [-0.15, -0.1) is 0 Å². The van der Waals surface area contributed by atoms with E-state index in [0.29, 0.717) is 36.0 Å². The molecule has 0 radical (unpaired) electrons. The number of piperidine rings is 1. The Morgan fingerprint density at radius 1 is 0.686 bits per heavy atom. The fraction of sp³-hybridized carbons (Fsp3) is 0.926. The zero-order chi connectivity index (χ0) is 25.6. The molecule has 4 fully saturated rings. The zero-order valence-electron chi connectivity index (χ0n) is 23.5. The van der Waals surface area contributed by atoms with Crippen LogP contribution >= 0.6 is 0 Å². The highest BCUT2D eigenvalue weighted by molar-refractivity contribution is 5.76. The van der Waals surface area contributed by atoms with Gasteiger partial charge in [-0.3, -0.25) is 4.90 Å². The quantitative estimate of drug-likeness (QED) is 0.550. The van der Waals surface area contributed by atoms with Crippen molar-refractivity contribution < 1.29 is 9.59 Å². The van der Waals surface area contributed by atoms with E-state index in [1.807, 2.05) is 23.9 Å². The van der Waals surface area contributed by atoms with Crippen LogP contribution in [0.2, 0.25) is 0 Å². The molecule has 35 heavy (non-hydrogen) atoms. The molecule has 200 valence electrons. The molecular formula is C27H50N6O2. The summed E-state index contributed by atoms with van der Waals surface area (Å²) in [5.41, 5.74) is 0. The summed E-state index contributed by atoms with van der Waals surface area (Å²) in [6.45, 7) is 19.3. The van der Waals surface area contributed by atoms with Crippen LogP contribution in [0.1, 0.15) is 60.8 Å². The predicted octanol–water partition coefficient (Wildman–Crippen LogP) is 3.09. The minimum absolute atomic E-state index is 0.194. The topological polar surface area (TPSA) is 53.6 Å². The van der Waals surface area contributed by atoms with E-state index in [0.717, 1.165) is 45.7 Å². The first kappa shape index (κ1) is 26.5. The van der Waals surface area contributed by atoms with Gasteiger partial charge >= 0.3 is 12.1 Å². The van der Waals surface area contributed by atoms with Crippen molar-refractivity contribution in [2.75, 3.05) is 53.4 Å². The molecule has 0 aromatic carbocycles. The largest absolute Gasteiger partial charge is 0.325 e. The van der Waals surface area contributed by atoms with Crippen molar-refractivity contribution in [1.82, 2.24) is 29.4 Å². The van der Waals surface area contributed by atoms with E-state index in [9.17, 15) is 9.59 Å². The van der Waals surface area contributed by atoms with E-state index < -0.39 is 0 Å². The number of amides is 4. The number of fused-ring (bicyclic) bond motifs is 2. The van der Waals surface area contributed by atoms with Gasteiger partial charge in [0.25, 0.3) is 0 Å². The van der Waals surface area contributed by atoms with Gasteiger partial charge in [-0.1, -0.05) is 0 Å². The highest BCUT2D eigenvalue weighted by Crippen LogP contribution is 2.36. The summed E-state index contributed by atoms with van der Waals surface area (Å²) in [5, 5.41) is 0. The molecular weight excluding hydrogens is 440 g/mol. The first-order valence-corrected chi connectivity index (χ1v) is 14.0. The third-order valence-corrected chi connectivity index (χ3v) is 9.72. The monoisotopic (exact) mass is 490 g/mol. The molecule has 4 saturated heterocycles. The summed E-state index contributed by atoms with van der Waals surface area (Å²) in [4.78, 5) is 38.7. The molecule has 0 aromatic heterocycles. The zero-order valence-corrected chi connectivity index (χ0v) is 23.5. The van der Waals surface area contributed by atoms with Gasteiger partial charge in [0.2, 0.25) is 0 Å². The van der Waals surface area contributed by atoms with Gasteiger partial charge in [-0.2, -0.15) is 0 Å². The predicted molar refractivity (Wildman–Crippen MR) is 140 cm³/mol. The first-order valence-electron chi connectivity index (χ1n) is 14.0. The molecule has 4 amide bonds. The molecule has 0 bridgehead atoms. The Hall–Kier alpha value is -1.54. The highest BCUT2D eigenvalue weighted by atomic mass is 16.2. The average Bonchev–Trinajstić information content (AvgIpc) is 3.12. The maximum Gasteiger partial charge on any atom is 0.320 e. The Kier molecular flexibility index (Phi) is 7.91. The van der Waals surface area contributed by atoms with Crippen molar-refractivity contribution in [2.24, 2.45) is 11.8 Å². The molecule has 0 aliphatic carbocycles. The van der Waals surface area contributed by atoms with E-state index in [4.69, 9.17) is 0 Å². The number of carbonyl (C=O) groups is 2. The van der Waals surface area contributed by atoms with Crippen LogP contribution in [0, 0.1) is 11.8 Å². The molecule has 4 aliphatic rings. The lowest BCUT2D eigenvalue weighted by atomic mass is 9.82. The van der Waals surface area contributed by atoms with Crippen molar-refractivity contribution >= 4 is 12.1 Å². The Balaban J connectivity index is 1.18. The number of likely N-dealkylation sites (tertiary alicyclic amines) is 4. The second kappa shape index (κ2) is 10.4. The van der Waals surface area contributed by atoms with Crippen LogP contribution in [-0.4, -0.2) is 131 Å². The highest BCUT2D eigenvalue weighted by Gasteiger charge is 2.49. The van der Waals surface area contributed by atoms with E-state index >= 15 is 0 Å². The summed E-state index contributed by atoms with van der Waals surface area (Å²) in [5.74, 6) is 1.28. The lowest BCUT2D eigenvalue weighted by molar-refractivity contribution is -0.0349. The van der Waals surface area contributed by atoms with Gasteiger partial charge in [-0.05, 0) is 60.8 Å². The van der Waals surface area contributed by atoms with Gasteiger partial charge in [0.1, 0.15) is 0 Å².